The van der Waals surface area contributed by atoms with E-state index in [1.165, 1.54) is 0 Å². The van der Waals surface area contributed by atoms with Crippen molar-refractivity contribution in [2.75, 3.05) is 0 Å². The van der Waals surface area contributed by atoms with Gasteiger partial charge in [0.25, 0.3) is 0 Å². The molecule has 0 amide bonds. The van der Waals surface area contributed by atoms with E-state index in [0.29, 0.717) is 13.0 Å². The summed E-state index contributed by atoms with van der Waals surface area (Å²) in [6.45, 7) is 2.28. The number of rotatable bonds is 5. The normalized spacial score (nSPS) is 13.2. The van der Waals surface area contributed by atoms with E-state index in [0.717, 1.165) is 16.9 Å². The SMILES string of the molecule is CC(N)(C#N)Cc1ccc(OCc2ccccc2)cc1. The second-order valence-electron chi connectivity index (χ2n) is 5.12. The number of nitriles is 1. The standard InChI is InChI=1S/C17H18N2O/c1-17(19,13-18)11-14-7-9-16(10-8-14)20-12-15-5-3-2-4-6-15/h2-10H,11-12,19H2,1H3. The molecule has 2 rings (SSSR count). The van der Waals surface area contributed by atoms with Gasteiger partial charge < -0.3 is 10.5 Å². The van der Waals surface area contributed by atoms with E-state index in [1.807, 2.05) is 54.6 Å². The van der Waals surface area contributed by atoms with Gasteiger partial charge in [-0.3, -0.25) is 0 Å². The summed E-state index contributed by atoms with van der Waals surface area (Å²) in [4.78, 5) is 0. The second-order valence-corrected chi connectivity index (χ2v) is 5.12. The molecule has 0 saturated heterocycles. The van der Waals surface area contributed by atoms with E-state index < -0.39 is 5.54 Å². The first-order valence-corrected chi connectivity index (χ1v) is 6.55. The topological polar surface area (TPSA) is 59.0 Å². The zero-order chi connectivity index (χ0) is 14.4. The van der Waals surface area contributed by atoms with Crippen LogP contribution in [0.3, 0.4) is 0 Å². The Kier molecular flexibility index (Phi) is 4.39. The van der Waals surface area contributed by atoms with Gasteiger partial charge in [-0.25, -0.2) is 0 Å². The highest BCUT2D eigenvalue weighted by Crippen LogP contribution is 2.17. The highest BCUT2D eigenvalue weighted by Gasteiger charge is 2.17. The van der Waals surface area contributed by atoms with E-state index in [1.54, 1.807) is 6.92 Å². The van der Waals surface area contributed by atoms with Gasteiger partial charge in [0.1, 0.15) is 17.9 Å². The third kappa shape index (κ3) is 4.11. The third-order valence-electron chi connectivity index (χ3n) is 3.00. The van der Waals surface area contributed by atoms with Crippen LogP contribution < -0.4 is 10.5 Å². The first-order chi connectivity index (χ1) is 9.59. The first-order valence-electron chi connectivity index (χ1n) is 6.55. The molecular weight excluding hydrogens is 248 g/mol. The minimum absolute atomic E-state index is 0.530. The maximum Gasteiger partial charge on any atom is 0.119 e. The number of benzene rings is 2. The molecule has 3 heteroatoms. The molecule has 0 aromatic heterocycles. The Morgan fingerprint density at radius 2 is 1.70 bits per heavy atom. The van der Waals surface area contributed by atoms with Gasteiger partial charge in [-0.2, -0.15) is 5.26 Å². The molecule has 0 fully saturated rings. The van der Waals surface area contributed by atoms with Crippen molar-refractivity contribution in [2.24, 2.45) is 5.73 Å². The molecule has 0 aliphatic carbocycles. The van der Waals surface area contributed by atoms with Crippen LogP contribution in [0.5, 0.6) is 5.75 Å². The van der Waals surface area contributed by atoms with Crippen molar-refractivity contribution >= 4 is 0 Å². The summed E-state index contributed by atoms with van der Waals surface area (Å²) in [6, 6.07) is 19.8. The predicted molar refractivity (Wildman–Crippen MR) is 79.1 cm³/mol. The zero-order valence-electron chi connectivity index (χ0n) is 11.5. The molecule has 1 unspecified atom stereocenters. The highest BCUT2D eigenvalue weighted by atomic mass is 16.5. The summed E-state index contributed by atoms with van der Waals surface area (Å²) in [5, 5.41) is 8.92. The quantitative estimate of drug-likeness (QED) is 0.904. The van der Waals surface area contributed by atoms with Crippen LogP contribution >= 0.6 is 0 Å². The Labute approximate surface area is 119 Å². The lowest BCUT2D eigenvalue weighted by Gasteiger charge is -2.15. The maximum atomic E-state index is 8.92. The number of ether oxygens (including phenoxy) is 1. The van der Waals surface area contributed by atoms with Crippen molar-refractivity contribution in [3.8, 4) is 11.8 Å². The molecular formula is C17H18N2O. The van der Waals surface area contributed by atoms with Crippen molar-refractivity contribution in [3.05, 3.63) is 65.7 Å². The van der Waals surface area contributed by atoms with Gasteiger partial charge in [0.2, 0.25) is 0 Å². The summed E-state index contributed by atoms with van der Waals surface area (Å²) >= 11 is 0. The summed E-state index contributed by atoms with van der Waals surface area (Å²) in [5.74, 6) is 0.813. The van der Waals surface area contributed by atoms with Gasteiger partial charge in [0.05, 0.1) is 6.07 Å². The van der Waals surface area contributed by atoms with Crippen LogP contribution in [0.25, 0.3) is 0 Å². The molecule has 20 heavy (non-hydrogen) atoms. The average molecular weight is 266 g/mol. The summed E-state index contributed by atoms with van der Waals surface area (Å²) in [7, 11) is 0. The van der Waals surface area contributed by atoms with Gasteiger partial charge >= 0.3 is 0 Å². The molecule has 0 radical (unpaired) electrons. The van der Waals surface area contributed by atoms with Crippen LogP contribution in [0.15, 0.2) is 54.6 Å². The molecule has 0 bridgehead atoms. The summed E-state index contributed by atoms with van der Waals surface area (Å²) < 4.78 is 5.71. The van der Waals surface area contributed by atoms with Crippen LogP contribution in [0, 0.1) is 11.3 Å². The van der Waals surface area contributed by atoms with Crippen LogP contribution in [0.2, 0.25) is 0 Å². The van der Waals surface area contributed by atoms with Gasteiger partial charge in [-0.05, 0) is 30.2 Å². The van der Waals surface area contributed by atoms with Gasteiger partial charge in [-0.1, -0.05) is 42.5 Å². The van der Waals surface area contributed by atoms with Crippen molar-refractivity contribution in [1.29, 1.82) is 5.26 Å². The van der Waals surface area contributed by atoms with Gasteiger partial charge in [0.15, 0.2) is 0 Å². The molecule has 0 spiro atoms. The predicted octanol–water partition coefficient (Wildman–Crippen LogP) is 3.05. The van der Waals surface area contributed by atoms with Crippen LogP contribution in [-0.4, -0.2) is 5.54 Å². The maximum absolute atomic E-state index is 8.92. The fraction of sp³-hybridized carbons (Fsp3) is 0.235. The molecule has 0 saturated carbocycles. The molecule has 2 aromatic rings. The van der Waals surface area contributed by atoms with Crippen LogP contribution in [0.1, 0.15) is 18.1 Å². The number of nitrogens with two attached hydrogens (primary N) is 1. The summed E-state index contributed by atoms with van der Waals surface area (Å²) in [6.07, 6.45) is 0.530. The molecule has 0 aliphatic rings. The lowest BCUT2D eigenvalue weighted by Crippen LogP contribution is -2.36. The Morgan fingerprint density at radius 3 is 2.30 bits per heavy atom. The van der Waals surface area contributed by atoms with Gasteiger partial charge in [0, 0.05) is 6.42 Å². The molecule has 3 nitrogen and oxygen atoms in total. The zero-order valence-corrected chi connectivity index (χ0v) is 11.5. The van der Waals surface area contributed by atoms with E-state index in [-0.39, 0.29) is 0 Å². The largest absolute Gasteiger partial charge is 0.489 e. The Bertz CT molecular complexity index is 583. The lowest BCUT2D eigenvalue weighted by atomic mass is 9.96. The van der Waals surface area contributed by atoms with Crippen molar-refractivity contribution in [1.82, 2.24) is 0 Å². The van der Waals surface area contributed by atoms with Crippen molar-refractivity contribution < 1.29 is 4.74 Å². The minimum Gasteiger partial charge on any atom is -0.489 e. The first kappa shape index (κ1) is 14.1. The number of hydrogen-bond donors (Lipinski definition) is 1. The van der Waals surface area contributed by atoms with Crippen molar-refractivity contribution in [2.45, 2.75) is 25.5 Å². The molecule has 2 aromatic carbocycles. The lowest BCUT2D eigenvalue weighted by molar-refractivity contribution is 0.306. The van der Waals surface area contributed by atoms with Crippen LogP contribution in [0.4, 0.5) is 0 Å². The van der Waals surface area contributed by atoms with Gasteiger partial charge in [-0.15, -0.1) is 0 Å². The molecule has 0 aliphatic heterocycles. The van der Waals surface area contributed by atoms with E-state index in [2.05, 4.69) is 6.07 Å². The monoisotopic (exact) mass is 266 g/mol. The smallest absolute Gasteiger partial charge is 0.119 e. The molecule has 2 N–H and O–H groups in total. The molecule has 102 valence electrons. The summed E-state index contributed by atoms with van der Waals surface area (Å²) in [5.41, 5.74) is 7.17. The van der Waals surface area contributed by atoms with E-state index >= 15 is 0 Å². The fourth-order valence-electron chi connectivity index (χ4n) is 1.91. The molecule has 0 heterocycles. The van der Waals surface area contributed by atoms with Crippen LogP contribution in [-0.2, 0) is 13.0 Å². The number of hydrogen-bond acceptors (Lipinski definition) is 3. The second kappa shape index (κ2) is 6.23. The average Bonchev–Trinajstić information content (AvgIpc) is 2.47. The molecule has 1 atom stereocenters. The highest BCUT2D eigenvalue weighted by molar-refractivity contribution is 5.29. The van der Waals surface area contributed by atoms with Crippen molar-refractivity contribution in [3.63, 3.8) is 0 Å². The van der Waals surface area contributed by atoms with E-state index in [4.69, 9.17) is 15.7 Å². The number of nitrogens with zero attached hydrogens (tertiary/aromatic N) is 1. The minimum atomic E-state index is -0.827. The van der Waals surface area contributed by atoms with E-state index in [9.17, 15) is 0 Å². The Morgan fingerprint density at radius 1 is 1.05 bits per heavy atom. The third-order valence-corrected chi connectivity index (χ3v) is 3.00. The Hall–Kier alpha value is -2.31. The fourth-order valence-corrected chi connectivity index (χ4v) is 1.91. The Balaban J connectivity index is 1.94.